The second kappa shape index (κ2) is 8.83. The number of amides is 1. The Hall–Kier alpha value is -2.37. The standard InChI is InChI=1S/C21H26N2O3/c1-25-11-6-12-26-18-10-5-9-17(13-18)21(24)23-14-19(20(22)15-23)16-7-3-2-4-8-16/h2-5,7-10,13,19-20H,6,11-12,14-15,22H2,1H3/t19-,20+/m0/s1. The molecule has 3 rings (SSSR count). The van der Waals surface area contributed by atoms with Crippen LogP contribution in [-0.4, -0.2) is 50.3 Å². The third kappa shape index (κ3) is 4.42. The lowest BCUT2D eigenvalue weighted by molar-refractivity contribution is 0.0788. The van der Waals surface area contributed by atoms with Crippen molar-refractivity contribution in [2.45, 2.75) is 18.4 Å². The normalized spacial score (nSPS) is 19.5. The number of carbonyl (C=O) groups is 1. The van der Waals surface area contributed by atoms with Gasteiger partial charge in [-0.2, -0.15) is 0 Å². The van der Waals surface area contributed by atoms with E-state index < -0.39 is 0 Å². The zero-order valence-corrected chi connectivity index (χ0v) is 15.1. The van der Waals surface area contributed by atoms with Gasteiger partial charge < -0.3 is 20.1 Å². The van der Waals surface area contributed by atoms with Crippen LogP contribution < -0.4 is 10.5 Å². The van der Waals surface area contributed by atoms with E-state index in [1.807, 2.05) is 41.3 Å². The molecule has 1 heterocycles. The Morgan fingerprint density at radius 2 is 1.92 bits per heavy atom. The van der Waals surface area contributed by atoms with Crippen LogP contribution in [0.1, 0.15) is 28.3 Å². The van der Waals surface area contributed by atoms with Crippen molar-refractivity contribution >= 4 is 5.91 Å². The van der Waals surface area contributed by atoms with Gasteiger partial charge in [0.05, 0.1) is 6.61 Å². The van der Waals surface area contributed by atoms with Crippen molar-refractivity contribution in [1.29, 1.82) is 0 Å². The molecule has 2 N–H and O–H groups in total. The van der Waals surface area contributed by atoms with Gasteiger partial charge in [-0.1, -0.05) is 36.4 Å². The van der Waals surface area contributed by atoms with Crippen LogP contribution in [0.3, 0.4) is 0 Å². The average molecular weight is 354 g/mol. The molecular formula is C21H26N2O3. The maximum atomic E-state index is 12.9. The van der Waals surface area contributed by atoms with E-state index in [0.29, 0.717) is 37.6 Å². The lowest BCUT2D eigenvalue weighted by Crippen LogP contribution is -2.32. The van der Waals surface area contributed by atoms with Crippen molar-refractivity contribution < 1.29 is 14.3 Å². The van der Waals surface area contributed by atoms with Crippen LogP contribution in [0.5, 0.6) is 5.75 Å². The zero-order chi connectivity index (χ0) is 18.4. The van der Waals surface area contributed by atoms with Crippen LogP contribution >= 0.6 is 0 Å². The number of benzene rings is 2. The van der Waals surface area contributed by atoms with Gasteiger partial charge in [0, 0.05) is 50.8 Å². The second-order valence-electron chi connectivity index (χ2n) is 6.61. The lowest BCUT2D eigenvalue weighted by atomic mass is 9.95. The van der Waals surface area contributed by atoms with Gasteiger partial charge in [-0.25, -0.2) is 0 Å². The molecule has 0 aromatic heterocycles. The molecular weight excluding hydrogens is 328 g/mol. The molecule has 0 saturated carbocycles. The molecule has 2 atom stereocenters. The summed E-state index contributed by atoms with van der Waals surface area (Å²) in [6.45, 7) is 2.43. The van der Waals surface area contributed by atoms with Crippen molar-refractivity contribution in [3.63, 3.8) is 0 Å². The van der Waals surface area contributed by atoms with Gasteiger partial charge in [0.25, 0.3) is 5.91 Å². The summed E-state index contributed by atoms with van der Waals surface area (Å²) in [6.07, 6.45) is 0.814. The van der Waals surface area contributed by atoms with Gasteiger partial charge >= 0.3 is 0 Å². The molecule has 0 spiro atoms. The van der Waals surface area contributed by atoms with Crippen LogP contribution in [0.15, 0.2) is 54.6 Å². The van der Waals surface area contributed by atoms with Gasteiger partial charge in [-0.05, 0) is 23.8 Å². The smallest absolute Gasteiger partial charge is 0.254 e. The van der Waals surface area contributed by atoms with E-state index in [4.69, 9.17) is 15.2 Å². The van der Waals surface area contributed by atoms with Crippen LogP contribution in [0.4, 0.5) is 0 Å². The Bertz CT molecular complexity index is 720. The number of likely N-dealkylation sites (tertiary alicyclic amines) is 1. The Balaban J connectivity index is 1.64. The summed E-state index contributed by atoms with van der Waals surface area (Å²) in [5.74, 6) is 0.880. The first-order valence-electron chi connectivity index (χ1n) is 9.00. The summed E-state index contributed by atoms with van der Waals surface area (Å²) < 4.78 is 10.7. The van der Waals surface area contributed by atoms with E-state index in [1.54, 1.807) is 13.2 Å². The maximum absolute atomic E-state index is 12.9. The molecule has 1 saturated heterocycles. The molecule has 0 unspecified atom stereocenters. The molecule has 26 heavy (non-hydrogen) atoms. The van der Waals surface area contributed by atoms with Gasteiger partial charge in [-0.3, -0.25) is 4.79 Å². The number of methoxy groups -OCH3 is 1. The van der Waals surface area contributed by atoms with Crippen LogP contribution in [-0.2, 0) is 4.74 Å². The molecule has 0 radical (unpaired) electrons. The third-order valence-electron chi connectivity index (χ3n) is 4.72. The summed E-state index contributed by atoms with van der Waals surface area (Å²) in [5, 5.41) is 0. The lowest BCUT2D eigenvalue weighted by Gasteiger charge is -2.17. The Morgan fingerprint density at radius 1 is 1.12 bits per heavy atom. The summed E-state index contributed by atoms with van der Waals surface area (Å²) >= 11 is 0. The zero-order valence-electron chi connectivity index (χ0n) is 15.1. The number of nitrogens with two attached hydrogens (primary N) is 1. The predicted molar refractivity (Wildman–Crippen MR) is 101 cm³/mol. The SMILES string of the molecule is COCCCOc1cccc(C(=O)N2C[C@@H](N)[C@H](c3ccccc3)C2)c1. The van der Waals surface area contributed by atoms with E-state index in [1.165, 1.54) is 5.56 Å². The third-order valence-corrected chi connectivity index (χ3v) is 4.72. The molecule has 5 nitrogen and oxygen atoms in total. The molecule has 138 valence electrons. The largest absolute Gasteiger partial charge is 0.493 e. The van der Waals surface area contributed by atoms with E-state index >= 15 is 0 Å². The molecule has 1 aliphatic heterocycles. The predicted octanol–water partition coefficient (Wildman–Crippen LogP) is 2.67. The highest BCUT2D eigenvalue weighted by Crippen LogP contribution is 2.28. The molecule has 1 amide bonds. The molecule has 2 aromatic carbocycles. The summed E-state index contributed by atoms with van der Waals surface area (Å²) in [7, 11) is 1.67. The summed E-state index contributed by atoms with van der Waals surface area (Å²) in [6, 6.07) is 17.5. The molecule has 0 aliphatic carbocycles. The minimum Gasteiger partial charge on any atom is -0.493 e. The van der Waals surface area contributed by atoms with Crippen LogP contribution in [0.2, 0.25) is 0 Å². The maximum Gasteiger partial charge on any atom is 0.254 e. The molecule has 0 bridgehead atoms. The Kier molecular flexibility index (Phi) is 6.26. The van der Waals surface area contributed by atoms with Crippen molar-refractivity contribution in [1.82, 2.24) is 4.90 Å². The van der Waals surface area contributed by atoms with Crippen LogP contribution in [0, 0.1) is 0 Å². The first-order chi connectivity index (χ1) is 12.7. The van der Waals surface area contributed by atoms with Crippen molar-refractivity contribution in [2.24, 2.45) is 5.73 Å². The van der Waals surface area contributed by atoms with E-state index in [-0.39, 0.29) is 17.9 Å². The second-order valence-corrected chi connectivity index (χ2v) is 6.61. The van der Waals surface area contributed by atoms with Crippen molar-refractivity contribution in [3.8, 4) is 5.75 Å². The van der Waals surface area contributed by atoms with Crippen molar-refractivity contribution in [3.05, 3.63) is 65.7 Å². The van der Waals surface area contributed by atoms with Gasteiger partial charge in [-0.15, -0.1) is 0 Å². The van der Waals surface area contributed by atoms with Crippen LogP contribution in [0.25, 0.3) is 0 Å². The number of hydrogen-bond donors (Lipinski definition) is 1. The monoisotopic (exact) mass is 354 g/mol. The molecule has 2 aromatic rings. The number of rotatable bonds is 7. The number of hydrogen-bond acceptors (Lipinski definition) is 4. The number of ether oxygens (including phenoxy) is 2. The van der Waals surface area contributed by atoms with E-state index in [9.17, 15) is 4.79 Å². The minimum atomic E-state index is -0.0465. The van der Waals surface area contributed by atoms with Crippen molar-refractivity contribution in [2.75, 3.05) is 33.4 Å². The highest BCUT2D eigenvalue weighted by atomic mass is 16.5. The molecule has 1 aliphatic rings. The first-order valence-corrected chi connectivity index (χ1v) is 9.00. The average Bonchev–Trinajstić information content (AvgIpc) is 3.07. The summed E-state index contributed by atoms with van der Waals surface area (Å²) in [4.78, 5) is 14.7. The fourth-order valence-electron chi connectivity index (χ4n) is 3.34. The van der Waals surface area contributed by atoms with Gasteiger partial charge in [0.2, 0.25) is 0 Å². The quantitative estimate of drug-likeness (QED) is 0.777. The number of carbonyl (C=O) groups excluding carboxylic acids is 1. The molecule has 5 heteroatoms. The van der Waals surface area contributed by atoms with E-state index in [2.05, 4.69) is 12.1 Å². The summed E-state index contributed by atoms with van der Waals surface area (Å²) in [5.41, 5.74) is 8.13. The fourth-order valence-corrected chi connectivity index (χ4v) is 3.34. The molecule has 1 fully saturated rings. The Morgan fingerprint density at radius 3 is 2.69 bits per heavy atom. The highest BCUT2D eigenvalue weighted by Gasteiger charge is 2.34. The number of nitrogens with zero attached hydrogens (tertiary/aromatic N) is 1. The van der Waals surface area contributed by atoms with Gasteiger partial charge in [0.1, 0.15) is 5.75 Å². The minimum absolute atomic E-state index is 0.00113. The fraction of sp³-hybridized carbons (Fsp3) is 0.381. The highest BCUT2D eigenvalue weighted by molar-refractivity contribution is 5.95. The van der Waals surface area contributed by atoms with Gasteiger partial charge in [0.15, 0.2) is 0 Å². The topological polar surface area (TPSA) is 64.8 Å². The van der Waals surface area contributed by atoms with E-state index in [0.717, 1.165) is 6.42 Å². The Labute approximate surface area is 154 Å². The first kappa shape index (κ1) is 18.4.